The van der Waals surface area contributed by atoms with Crippen LogP contribution in [0.4, 0.5) is 0 Å². The molecule has 1 heterocycles. The summed E-state index contributed by atoms with van der Waals surface area (Å²) in [5.41, 5.74) is 5.19. The number of aromatic nitrogens is 1. The summed E-state index contributed by atoms with van der Waals surface area (Å²) in [6.45, 7) is 4.37. The molecule has 2 nitrogen and oxygen atoms in total. The number of aryl methyl sites for hydroxylation is 1. The van der Waals surface area contributed by atoms with Gasteiger partial charge in [-0.2, -0.15) is 0 Å². The molecule has 0 saturated carbocycles. The Hall–Kier alpha value is -2.45. The van der Waals surface area contributed by atoms with Crippen LogP contribution in [0.2, 0.25) is 0 Å². The van der Waals surface area contributed by atoms with Crippen molar-refractivity contribution in [3.63, 3.8) is 0 Å². The number of nitrogens with one attached hydrogen (secondary N) is 1. The summed E-state index contributed by atoms with van der Waals surface area (Å²) in [6, 6.07) is 24.2. The molecule has 1 N–H and O–H groups in total. The number of pyridine rings is 1. The highest BCUT2D eigenvalue weighted by molar-refractivity contribution is 5.33. The molecule has 2 heteroatoms. The Morgan fingerprint density at radius 2 is 1.46 bits per heavy atom. The van der Waals surface area contributed by atoms with Crippen LogP contribution in [-0.2, 0) is 6.42 Å². The van der Waals surface area contributed by atoms with E-state index in [0.717, 1.165) is 6.42 Å². The molecule has 2 atom stereocenters. The van der Waals surface area contributed by atoms with Crippen molar-refractivity contribution >= 4 is 0 Å². The summed E-state index contributed by atoms with van der Waals surface area (Å²) in [7, 11) is 0. The van der Waals surface area contributed by atoms with E-state index >= 15 is 0 Å². The van der Waals surface area contributed by atoms with Crippen molar-refractivity contribution in [2.75, 3.05) is 0 Å². The van der Waals surface area contributed by atoms with Crippen molar-refractivity contribution in [3.8, 4) is 0 Å². The van der Waals surface area contributed by atoms with Crippen LogP contribution in [-0.4, -0.2) is 11.0 Å². The van der Waals surface area contributed by atoms with Gasteiger partial charge in [0, 0.05) is 18.4 Å². The minimum Gasteiger partial charge on any atom is -0.303 e. The van der Waals surface area contributed by atoms with Crippen LogP contribution in [0.15, 0.2) is 79.1 Å². The summed E-state index contributed by atoms with van der Waals surface area (Å²) < 4.78 is 0. The third-order valence-corrected chi connectivity index (χ3v) is 4.29. The van der Waals surface area contributed by atoms with Crippen molar-refractivity contribution in [2.45, 2.75) is 32.4 Å². The molecule has 0 aliphatic heterocycles. The van der Waals surface area contributed by atoms with Gasteiger partial charge in [-0.15, -0.1) is 0 Å². The van der Waals surface area contributed by atoms with E-state index < -0.39 is 0 Å². The third-order valence-electron chi connectivity index (χ3n) is 4.29. The summed E-state index contributed by atoms with van der Waals surface area (Å²) in [5.74, 6) is 0. The number of hydrogen-bond acceptors (Lipinski definition) is 2. The van der Waals surface area contributed by atoms with Crippen molar-refractivity contribution in [1.82, 2.24) is 10.3 Å². The van der Waals surface area contributed by atoms with Crippen LogP contribution in [0.1, 0.15) is 35.2 Å². The van der Waals surface area contributed by atoms with Crippen molar-refractivity contribution < 1.29 is 0 Å². The smallest absolute Gasteiger partial charge is 0.0578 e. The molecule has 0 saturated heterocycles. The highest BCUT2D eigenvalue weighted by Crippen LogP contribution is 2.23. The summed E-state index contributed by atoms with van der Waals surface area (Å²) in [6.07, 6.45) is 4.70. The Labute approximate surface area is 144 Å². The number of benzene rings is 2. The number of rotatable bonds is 6. The van der Waals surface area contributed by atoms with Gasteiger partial charge in [-0.3, -0.25) is 4.98 Å². The van der Waals surface area contributed by atoms with E-state index in [1.165, 1.54) is 22.3 Å². The fourth-order valence-corrected chi connectivity index (χ4v) is 3.01. The molecule has 1 aromatic heterocycles. The van der Waals surface area contributed by atoms with E-state index in [-0.39, 0.29) is 6.04 Å². The highest BCUT2D eigenvalue weighted by atomic mass is 14.9. The first-order chi connectivity index (χ1) is 11.7. The van der Waals surface area contributed by atoms with E-state index in [1.807, 2.05) is 12.4 Å². The molecular formula is C22H24N2. The largest absolute Gasteiger partial charge is 0.303 e. The standard InChI is InChI=1S/C22H24N2/c1-17-8-10-21(11-9-17)22(20-6-4-3-5-7-20)24-18(2)16-19-12-14-23-15-13-19/h3-15,18,22,24H,16H2,1-2H3/t18-,22-/m1/s1. The molecule has 0 spiro atoms. The quantitative estimate of drug-likeness (QED) is 0.713. The molecule has 0 fully saturated rings. The lowest BCUT2D eigenvalue weighted by atomic mass is 9.96. The lowest BCUT2D eigenvalue weighted by Gasteiger charge is -2.24. The maximum Gasteiger partial charge on any atom is 0.0578 e. The first-order valence-corrected chi connectivity index (χ1v) is 8.49. The van der Waals surface area contributed by atoms with Gasteiger partial charge in [0.1, 0.15) is 0 Å². The average molecular weight is 316 g/mol. The average Bonchev–Trinajstić information content (AvgIpc) is 2.62. The second kappa shape index (κ2) is 7.89. The molecule has 0 aliphatic carbocycles. The lowest BCUT2D eigenvalue weighted by Crippen LogP contribution is -2.32. The molecule has 0 radical (unpaired) electrons. The molecule has 3 rings (SSSR count). The maximum absolute atomic E-state index is 4.10. The van der Waals surface area contributed by atoms with Gasteiger partial charge in [-0.1, -0.05) is 60.2 Å². The van der Waals surface area contributed by atoms with Gasteiger partial charge in [0.05, 0.1) is 6.04 Å². The lowest BCUT2D eigenvalue weighted by molar-refractivity contribution is 0.496. The van der Waals surface area contributed by atoms with Crippen LogP contribution >= 0.6 is 0 Å². The van der Waals surface area contributed by atoms with Gasteiger partial charge in [-0.25, -0.2) is 0 Å². The molecule has 3 aromatic rings. The summed E-state index contributed by atoms with van der Waals surface area (Å²) in [4.78, 5) is 4.10. The Balaban J connectivity index is 1.81. The van der Waals surface area contributed by atoms with Crippen LogP contribution < -0.4 is 5.32 Å². The Morgan fingerprint density at radius 1 is 0.833 bits per heavy atom. The molecule has 0 bridgehead atoms. The van der Waals surface area contributed by atoms with Crippen LogP contribution in [0.3, 0.4) is 0 Å². The summed E-state index contributed by atoms with van der Waals surface area (Å²) in [5, 5.41) is 3.80. The normalized spacial score (nSPS) is 13.4. The van der Waals surface area contributed by atoms with Crippen LogP contribution in [0.5, 0.6) is 0 Å². The fraction of sp³-hybridized carbons (Fsp3) is 0.227. The predicted molar refractivity (Wildman–Crippen MR) is 100 cm³/mol. The zero-order valence-electron chi connectivity index (χ0n) is 14.3. The third kappa shape index (κ3) is 4.30. The Bertz CT molecular complexity index is 736. The monoisotopic (exact) mass is 316 g/mol. The van der Waals surface area contributed by atoms with E-state index in [4.69, 9.17) is 0 Å². The maximum atomic E-state index is 4.10. The van der Waals surface area contributed by atoms with Gasteiger partial charge in [0.2, 0.25) is 0 Å². The zero-order chi connectivity index (χ0) is 16.8. The zero-order valence-corrected chi connectivity index (χ0v) is 14.3. The molecule has 2 aromatic carbocycles. The SMILES string of the molecule is Cc1ccc([C@H](N[C@H](C)Cc2ccncc2)c2ccccc2)cc1. The molecule has 0 aliphatic rings. The molecule has 122 valence electrons. The Morgan fingerprint density at radius 3 is 2.12 bits per heavy atom. The molecular weight excluding hydrogens is 292 g/mol. The van der Waals surface area contributed by atoms with E-state index in [2.05, 4.69) is 90.9 Å². The fourth-order valence-electron chi connectivity index (χ4n) is 3.01. The highest BCUT2D eigenvalue weighted by Gasteiger charge is 2.16. The van der Waals surface area contributed by atoms with Gasteiger partial charge < -0.3 is 5.32 Å². The molecule has 0 unspecified atom stereocenters. The van der Waals surface area contributed by atoms with E-state index in [1.54, 1.807) is 0 Å². The van der Waals surface area contributed by atoms with Crippen LogP contribution in [0.25, 0.3) is 0 Å². The minimum absolute atomic E-state index is 0.198. The van der Waals surface area contributed by atoms with Gasteiger partial charge in [0.15, 0.2) is 0 Å². The van der Waals surface area contributed by atoms with Gasteiger partial charge >= 0.3 is 0 Å². The summed E-state index contributed by atoms with van der Waals surface area (Å²) >= 11 is 0. The first-order valence-electron chi connectivity index (χ1n) is 8.49. The molecule has 24 heavy (non-hydrogen) atoms. The minimum atomic E-state index is 0.198. The van der Waals surface area contributed by atoms with Crippen LogP contribution in [0, 0.1) is 6.92 Å². The van der Waals surface area contributed by atoms with Crippen molar-refractivity contribution in [1.29, 1.82) is 0 Å². The molecule has 0 amide bonds. The number of hydrogen-bond donors (Lipinski definition) is 1. The second-order valence-corrected chi connectivity index (χ2v) is 6.38. The Kier molecular flexibility index (Phi) is 5.39. The van der Waals surface area contributed by atoms with Crippen molar-refractivity contribution in [3.05, 3.63) is 101 Å². The second-order valence-electron chi connectivity index (χ2n) is 6.38. The van der Waals surface area contributed by atoms with Gasteiger partial charge in [-0.05, 0) is 49.1 Å². The number of nitrogens with zero attached hydrogens (tertiary/aromatic N) is 1. The van der Waals surface area contributed by atoms with E-state index in [9.17, 15) is 0 Å². The first kappa shape index (κ1) is 16.4. The van der Waals surface area contributed by atoms with Gasteiger partial charge in [0.25, 0.3) is 0 Å². The van der Waals surface area contributed by atoms with E-state index in [0.29, 0.717) is 6.04 Å². The van der Waals surface area contributed by atoms with Crippen molar-refractivity contribution in [2.24, 2.45) is 0 Å². The predicted octanol–water partition coefficient (Wildman–Crippen LogP) is 4.70. The topological polar surface area (TPSA) is 24.9 Å².